The highest BCUT2D eigenvalue weighted by molar-refractivity contribution is 8.03. The summed E-state index contributed by atoms with van der Waals surface area (Å²) in [5.74, 6) is -0.294. The third-order valence-electron chi connectivity index (χ3n) is 6.22. The van der Waals surface area contributed by atoms with Crippen LogP contribution in [0.2, 0.25) is 0 Å². The number of hydrogen-bond donors (Lipinski definition) is 1. The maximum absolute atomic E-state index is 11.9. The van der Waals surface area contributed by atoms with Crippen molar-refractivity contribution in [3.8, 4) is 0 Å². The normalized spacial score (nSPS) is 14.6. The molecule has 1 N–H and O–H groups in total. The van der Waals surface area contributed by atoms with Crippen molar-refractivity contribution in [1.82, 2.24) is 0 Å². The fourth-order valence-corrected chi connectivity index (χ4v) is 5.98. The largest absolute Gasteiger partial charge is 0.338 e. The molecule has 0 fully saturated rings. The number of para-hydroxylation sites is 2. The predicted molar refractivity (Wildman–Crippen MR) is 142 cm³/mol. The molecule has 0 amide bonds. The van der Waals surface area contributed by atoms with Gasteiger partial charge in [-0.3, -0.25) is 9.35 Å². The van der Waals surface area contributed by atoms with E-state index < -0.39 is 10.1 Å². The van der Waals surface area contributed by atoms with Gasteiger partial charge in [-0.25, -0.2) is 0 Å². The molecule has 0 radical (unpaired) electrons. The molecule has 2 aromatic carbocycles. The van der Waals surface area contributed by atoms with Crippen LogP contribution in [-0.4, -0.2) is 31.6 Å². The smallest absolute Gasteiger partial charge is 0.264 e. The second-order valence-electron chi connectivity index (χ2n) is 8.83. The number of ketones is 1. The number of nitrogens with zero attached hydrogens (tertiary/aromatic N) is 2. The SMILES string of the molecule is CN1C(=Cc2cc[n+](CCCCCC(=O)CCCS(=O)(=O)O)c3ccccc23)Sc2ccccc21. The lowest BCUT2D eigenvalue weighted by Gasteiger charge is -2.13. The van der Waals surface area contributed by atoms with E-state index in [-0.39, 0.29) is 24.4 Å². The maximum Gasteiger partial charge on any atom is 0.264 e. The average Bonchev–Trinajstić information content (AvgIpc) is 3.14. The highest BCUT2D eigenvalue weighted by atomic mass is 32.2. The van der Waals surface area contributed by atoms with Gasteiger partial charge in [-0.05, 0) is 49.1 Å². The standard InChI is InChI=1S/C27H30N2O4S2/c1-28-25-14-6-7-15-26(25)34-27(28)20-21-16-18-29(24-13-5-4-12-23(21)24)17-8-2-3-10-22(30)11-9-19-35(31,32)33/h4-7,12-16,18,20H,2-3,8-11,17,19H2,1H3/p+1. The summed E-state index contributed by atoms with van der Waals surface area (Å²) in [6.07, 6.45) is 7.91. The maximum atomic E-state index is 11.9. The lowest BCUT2D eigenvalue weighted by atomic mass is 10.1. The molecule has 8 heteroatoms. The molecule has 0 unspecified atom stereocenters. The first kappa shape index (κ1) is 25.4. The molecule has 0 saturated heterocycles. The van der Waals surface area contributed by atoms with Gasteiger partial charge in [0.05, 0.1) is 21.9 Å². The van der Waals surface area contributed by atoms with Crippen LogP contribution < -0.4 is 9.47 Å². The number of fused-ring (bicyclic) bond motifs is 2. The molecule has 0 spiro atoms. The first-order valence-corrected chi connectivity index (χ1v) is 14.3. The Bertz CT molecular complexity index is 1350. The van der Waals surface area contributed by atoms with Crippen molar-refractivity contribution in [1.29, 1.82) is 0 Å². The van der Waals surface area contributed by atoms with Gasteiger partial charge in [0.25, 0.3) is 10.1 Å². The van der Waals surface area contributed by atoms with Crippen LogP contribution in [0.5, 0.6) is 0 Å². The summed E-state index contributed by atoms with van der Waals surface area (Å²) >= 11 is 1.79. The van der Waals surface area contributed by atoms with E-state index in [9.17, 15) is 13.2 Å². The number of carbonyl (C=O) groups is 1. The molecule has 0 atom stereocenters. The van der Waals surface area contributed by atoms with Gasteiger partial charge in [0.15, 0.2) is 6.20 Å². The summed E-state index contributed by atoms with van der Waals surface area (Å²) in [5, 5.41) is 2.41. The van der Waals surface area contributed by atoms with Crippen molar-refractivity contribution < 1.29 is 22.3 Å². The van der Waals surface area contributed by atoms with Crippen molar-refractivity contribution in [3.05, 3.63) is 71.4 Å². The Morgan fingerprint density at radius 3 is 2.54 bits per heavy atom. The molecular formula is C27H31N2O4S2+. The van der Waals surface area contributed by atoms with Crippen LogP contribution in [0.4, 0.5) is 5.69 Å². The van der Waals surface area contributed by atoms with E-state index >= 15 is 0 Å². The topological polar surface area (TPSA) is 78.6 Å². The number of aryl methyl sites for hydroxylation is 1. The number of thioether (sulfide) groups is 1. The molecule has 4 rings (SSSR count). The van der Waals surface area contributed by atoms with Crippen LogP contribution >= 0.6 is 11.8 Å². The fourth-order valence-electron chi connectivity index (χ4n) is 4.37. The molecular weight excluding hydrogens is 480 g/mol. The molecule has 35 heavy (non-hydrogen) atoms. The Morgan fingerprint density at radius 1 is 1.00 bits per heavy atom. The number of anilines is 1. The lowest BCUT2D eigenvalue weighted by molar-refractivity contribution is -0.671. The van der Waals surface area contributed by atoms with Crippen LogP contribution in [-0.2, 0) is 21.5 Å². The molecule has 1 aliphatic heterocycles. The zero-order valence-electron chi connectivity index (χ0n) is 19.9. The highest BCUT2D eigenvalue weighted by Crippen LogP contribution is 2.45. The number of hydrogen-bond acceptors (Lipinski definition) is 5. The lowest BCUT2D eigenvalue weighted by Crippen LogP contribution is -2.34. The number of aromatic nitrogens is 1. The summed E-state index contributed by atoms with van der Waals surface area (Å²) in [6, 6.07) is 19.1. The zero-order valence-corrected chi connectivity index (χ0v) is 21.5. The highest BCUT2D eigenvalue weighted by Gasteiger charge is 2.22. The summed E-state index contributed by atoms with van der Waals surface area (Å²) in [6.45, 7) is 0.869. The minimum Gasteiger partial charge on any atom is -0.338 e. The molecule has 0 saturated carbocycles. The monoisotopic (exact) mass is 511 g/mol. The van der Waals surface area contributed by atoms with Gasteiger partial charge in [0.2, 0.25) is 5.52 Å². The summed E-state index contributed by atoms with van der Waals surface area (Å²) in [4.78, 5) is 15.4. The Balaban J connectivity index is 1.35. The second kappa shape index (κ2) is 11.4. The van der Waals surface area contributed by atoms with Gasteiger partial charge in [0.1, 0.15) is 12.3 Å². The van der Waals surface area contributed by atoms with Crippen molar-refractivity contribution in [2.75, 3.05) is 17.7 Å². The van der Waals surface area contributed by atoms with E-state index in [0.717, 1.165) is 25.8 Å². The van der Waals surface area contributed by atoms with Crippen LogP contribution in [0.15, 0.2) is 70.7 Å². The summed E-state index contributed by atoms with van der Waals surface area (Å²) in [5.41, 5.74) is 3.61. The molecule has 1 aliphatic rings. The van der Waals surface area contributed by atoms with E-state index in [1.54, 1.807) is 11.8 Å². The second-order valence-corrected chi connectivity index (χ2v) is 11.5. The third kappa shape index (κ3) is 6.72. The van der Waals surface area contributed by atoms with Gasteiger partial charge in [-0.2, -0.15) is 13.0 Å². The Kier molecular flexibility index (Phi) is 8.26. The van der Waals surface area contributed by atoms with Crippen molar-refractivity contribution >= 4 is 50.3 Å². The van der Waals surface area contributed by atoms with Gasteiger partial charge >= 0.3 is 0 Å². The van der Waals surface area contributed by atoms with Gasteiger partial charge in [0, 0.05) is 43.3 Å². The van der Waals surface area contributed by atoms with Crippen LogP contribution in [0, 0.1) is 0 Å². The van der Waals surface area contributed by atoms with Gasteiger partial charge in [-0.15, -0.1) is 0 Å². The van der Waals surface area contributed by atoms with E-state index in [1.807, 2.05) is 0 Å². The fraction of sp³-hybridized carbons (Fsp3) is 0.333. The molecule has 2 heterocycles. The Morgan fingerprint density at radius 2 is 1.74 bits per heavy atom. The molecule has 184 valence electrons. The van der Waals surface area contributed by atoms with Crippen molar-refractivity contribution in [3.63, 3.8) is 0 Å². The molecule has 0 aliphatic carbocycles. The van der Waals surface area contributed by atoms with Crippen LogP contribution in [0.3, 0.4) is 0 Å². The minimum atomic E-state index is -3.98. The average molecular weight is 512 g/mol. The number of carbonyl (C=O) groups excluding carboxylic acids is 1. The Labute approximate surface area is 211 Å². The first-order valence-electron chi connectivity index (χ1n) is 11.9. The van der Waals surface area contributed by atoms with Crippen LogP contribution in [0.1, 0.15) is 44.1 Å². The Hall–Kier alpha value is -2.68. The van der Waals surface area contributed by atoms with E-state index in [0.29, 0.717) is 6.42 Å². The molecule has 3 aromatic rings. The van der Waals surface area contributed by atoms with Crippen molar-refractivity contribution in [2.45, 2.75) is 50.0 Å². The van der Waals surface area contributed by atoms with E-state index in [4.69, 9.17) is 4.55 Å². The van der Waals surface area contributed by atoms with E-state index in [2.05, 4.69) is 83.4 Å². The van der Waals surface area contributed by atoms with Crippen LogP contribution in [0.25, 0.3) is 17.0 Å². The predicted octanol–water partition coefficient (Wildman–Crippen LogP) is 5.47. The first-order chi connectivity index (χ1) is 16.8. The number of pyridine rings is 1. The van der Waals surface area contributed by atoms with Gasteiger partial charge in [-0.1, -0.05) is 36.0 Å². The zero-order chi connectivity index (χ0) is 24.8. The number of rotatable bonds is 11. The quantitative estimate of drug-likeness (QED) is 0.209. The number of benzene rings is 2. The van der Waals surface area contributed by atoms with Gasteiger partial charge < -0.3 is 4.90 Å². The number of Topliss-reactive ketones (excluding diaryl/α,β-unsaturated/α-hetero) is 1. The van der Waals surface area contributed by atoms with Crippen molar-refractivity contribution in [2.24, 2.45) is 0 Å². The molecule has 0 bridgehead atoms. The summed E-state index contributed by atoms with van der Waals surface area (Å²) < 4.78 is 32.5. The molecule has 6 nitrogen and oxygen atoms in total. The van der Waals surface area contributed by atoms with E-state index in [1.165, 1.54) is 32.1 Å². The number of unbranched alkanes of at least 4 members (excludes halogenated alkanes) is 2. The summed E-state index contributed by atoms with van der Waals surface area (Å²) in [7, 11) is -1.88. The third-order valence-corrected chi connectivity index (χ3v) is 8.19. The molecule has 1 aromatic heterocycles. The minimum absolute atomic E-state index is 0.0565.